The van der Waals surface area contributed by atoms with Gasteiger partial charge >= 0.3 is 5.69 Å². The number of hydrogen-bond donors (Lipinski definition) is 1. The fraction of sp³-hybridized carbons (Fsp3) is 0.531. The van der Waals surface area contributed by atoms with E-state index in [0.29, 0.717) is 68.8 Å². The molecule has 3 aromatic heterocycles. The molecule has 8 heterocycles. The summed E-state index contributed by atoms with van der Waals surface area (Å²) >= 11 is 0. The molecule has 19 heteroatoms. The number of nitrogens with one attached hydrogen (secondary N) is 1. The maximum Gasteiger partial charge on any atom is 0.329 e. The number of benzene rings is 2. The topological polar surface area (TPSA) is 159 Å². The highest BCUT2D eigenvalue weighted by Gasteiger charge is 2.36. The van der Waals surface area contributed by atoms with Crippen LogP contribution in [-0.4, -0.2) is 137 Å². The van der Waals surface area contributed by atoms with Crippen LogP contribution in [-0.2, 0) is 59.1 Å². The van der Waals surface area contributed by atoms with E-state index < -0.39 is 18.4 Å². The summed E-state index contributed by atoms with van der Waals surface area (Å²) < 4.78 is 36.3. The van der Waals surface area contributed by atoms with Crippen LogP contribution in [0.4, 0.5) is 20.3 Å². The number of piperidine rings is 2. The Morgan fingerprint density at radius 1 is 0.868 bits per heavy atom. The maximum absolute atomic E-state index is 14.7. The lowest BCUT2D eigenvalue weighted by Gasteiger charge is -2.37. The second-order valence-corrected chi connectivity index (χ2v) is 19.2. The number of likely N-dealkylation sites (tertiary alicyclic amines) is 1. The molecule has 0 saturated carbocycles. The van der Waals surface area contributed by atoms with E-state index in [9.17, 15) is 32.8 Å². The molecule has 4 amide bonds. The normalized spacial score (nSPS) is 19.8. The first kappa shape index (κ1) is 45.6. The molecule has 1 unspecified atom stereocenters. The van der Waals surface area contributed by atoms with Gasteiger partial charge in [0.1, 0.15) is 6.04 Å². The van der Waals surface area contributed by atoms with Gasteiger partial charge in [0.2, 0.25) is 23.6 Å². The van der Waals surface area contributed by atoms with Gasteiger partial charge in [-0.3, -0.25) is 47.9 Å². The largest absolute Gasteiger partial charge is 0.341 e. The number of anilines is 2. The van der Waals surface area contributed by atoms with Crippen molar-refractivity contribution in [3.8, 4) is 11.1 Å². The van der Waals surface area contributed by atoms with Gasteiger partial charge in [0, 0.05) is 120 Å². The minimum absolute atomic E-state index is 0.00818. The molecule has 1 atom stereocenters. The van der Waals surface area contributed by atoms with E-state index in [2.05, 4.69) is 29.8 Å². The zero-order valence-electron chi connectivity index (χ0n) is 39.1. The summed E-state index contributed by atoms with van der Waals surface area (Å²) in [5, 5.41) is 11.9. The summed E-state index contributed by atoms with van der Waals surface area (Å²) in [6.07, 6.45) is 6.72. The van der Waals surface area contributed by atoms with Crippen molar-refractivity contribution in [2.45, 2.75) is 89.8 Å². The van der Waals surface area contributed by atoms with Crippen LogP contribution in [0.5, 0.6) is 0 Å². The van der Waals surface area contributed by atoms with E-state index in [-0.39, 0.29) is 41.4 Å². The van der Waals surface area contributed by atoms with Crippen LogP contribution in [0.3, 0.4) is 0 Å². The Hall–Kier alpha value is -6.21. The van der Waals surface area contributed by atoms with Crippen molar-refractivity contribution >= 4 is 46.2 Å². The number of halogens is 2. The van der Waals surface area contributed by atoms with E-state index in [0.717, 1.165) is 111 Å². The molecule has 17 nitrogen and oxygen atoms in total. The molecule has 10 rings (SSSR count). The Morgan fingerprint density at radius 2 is 1.65 bits per heavy atom. The first-order valence-corrected chi connectivity index (χ1v) is 24.1. The highest BCUT2D eigenvalue weighted by molar-refractivity contribution is 6.00. The number of fused-ring (bicyclic) bond motifs is 3. The molecule has 5 aliphatic heterocycles. The van der Waals surface area contributed by atoms with E-state index in [4.69, 9.17) is 5.10 Å². The van der Waals surface area contributed by atoms with Gasteiger partial charge in [0.25, 0.3) is 6.43 Å². The van der Waals surface area contributed by atoms with Crippen molar-refractivity contribution in [1.82, 2.24) is 53.6 Å². The summed E-state index contributed by atoms with van der Waals surface area (Å²) in [5.41, 5.74) is 7.18. The predicted octanol–water partition coefficient (Wildman–Crippen LogP) is 4.26. The molecule has 0 radical (unpaired) electrons. The van der Waals surface area contributed by atoms with Crippen LogP contribution in [0, 0.1) is 0 Å². The van der Waals surface area contributed by atoms with E-state index in [1.165, 1.54) is 4.57 Å². The Balaban J connectivity index is 0.744. The van der Waals surface area contributed by atoms with E-state index >= 15 is 0 Å². The second kappa shape index (κ2) is 18.7. The average molecular weight is 935 g/mol. The molecule has 360 valence electrons. The molecular formula is C49H60F2N12O5. The second-order valence-electron chi connectivity index (χ2n) is 19.2. The number of amides is 4. The molecule has 3 saturated heterocycles. The van der Waals surface area contributed by atoms with Crippen molar-refractivity contribution in [3.05, 3.63) is 81.2 Å². The number of carbonyl (C=O) groups excluding carboxylic acids is 4. The lowest BCUT2D eigenvalue weighted by molar-refractivity contribution is -0.136. The van der Waals surface area contributed by atoms with Gasteiger partial charge in [0.15, 0.2) is 5.82 Å². The fourth-order valence-corrected chi connectivity index (χ4v) is 11.2. The number of aromatic nitrogens is 6. The van der Waals surface area contributed by atoms with E-state index in [1.54, 1.807) is 48.7 Å². The maximum atomic E-state index is 14.7. The summed E-state index contributed by atoms with van der Waals surface area (Å²) in [4.78, 5) is 74.5. The van der Waals surface area contributed by atoms with Crippen molar-refractivity contribution in [2.75, 3.05) is 70.3 Å². The molecule has 0 aliphatic carbocycles. The Kier molecular flexibility index (Phi) is 12.5. The molecule has 0 spiro atoms. The predicted molar refractivity (Wildman–Crippen MR) is 251 cm³/mol. The Bertz CT molecular complexity index is 2830. The first-order chi connectivity index (χ1) is 32.8. The summed E-state index contributed by atoms with van der Waals surface area (Å²) in [5.74, 6) is 0.106. The SMILES string of the molecule is CC(=O)N1CCc2c(c(N3CCCc4cc(-c5cnn(C)c5)c(C(F)F)cc43)nn2C2CCN(C(=O)CN3CCN(CCCc4ccc5c(c4)n(C)c(=O)n5C4CCC(=O)NC4=O)CC3)CC2)C1. The zero-order valence-corrected chi connectivity index (χ0v) is 39.1. The molecule has 68 heavy (non-hydrogen) atoms. The third kappa shape index (κ3) is 8.74. The number of hydrogen-bond acceptors (Lipinski definition) is 10. The van der Waals surface area contributed by atoms with Gasteiger partial charge in [0.05, 0.1) is 36.4 Å². The standard InChI is InChI=1S/C49H60F2N12O5/c1-31(64)60-19-14-39-38(29-60)47(61-16-5-7-33-25-36(34-27-52-55(2)28-34)37(46(50)51)26-42(33)61)54-63(39)35-12-17-59(18-13-35)45(66)30-58-22-20-57(21-23-58)15-4-6-32-8-9-40-43(24-32)56(3)49(68)62(40)41-10-11-44(65)53-48(41)67/h8-9,24-28,35,41,46H,4-7,10-23,29-30H2,1-3H3,(H,53,65,67). The molecule has 2 aromatic carbocycles. The summed E-state index contributed by atoms with van der Waals surface area (Å²) in [6.45, 7) is 9.13. The number of nitrogens with zero attached hydrogens (tertiary/aromatic N) is 11. The van der Waals surface area contributed by atoms with Crippen LogP contribution in [0.25, 0.3) is 22.2 Å². The van der Waals surface area contributed by atoms with E-state index in [1.807, 2.05) is 34.1 Å². The van der Waals surface area contributed by atoms with Crippen molar-refractivity contribution in [1.29, 1.82) is 0 Å². The van der Waals surface area contributed by atoms with Crippen LogP contribution < -0.4 is 15.9 Å². The molecule has 5 aromatic rings. The van der Waals surface area contributed by atoms with Gasteiger partial charge in [-0.25, -0.2) is 13.6 Å². The first-order valence-electron chi connectivity index (χ1n) is 24.1. The minimum atomic E-state index is -2.68. The zero-order chi connectivity index (χ0) is 47.4. The number of piperazine rings is 1. The number of aryl methyl sites for hydroxylation is 4. The molecule has 3 fully saturated rings. The number of imide groups is 1. The minimum Gasteiger partial charge on any atom is -0.341 e. The number of alkyl halides is 2. The van der Waals surface area contributed by atoms with Crippen LogP contribution in [0.2, 0.25) is 0 Å². The highest BCUT2D eigenvalue weighted by atomic mass is 19.3. The highest BCUT2D eigenvalue weighted by Crippen LogP contribution is 2.44. The van der Waals surface area contributed by atoms with Crippen molar-refractivity contribution in [2.24, 2.45) is 14.1 Å². The third-order valence-corrected chi connectivity index (χ3v) is 15.0. The van der Waals surface area contributed by atoms with Gasteiger partial charge < -0.3 is 19.6 Å². The van der Waals surface area contributed by atoms with Crippen molar-refractivity contribution < 1.29 is 28.0 Å². The van der Waals surface area contributed by atoms with Crippen LogP contribution >= 0.6 is 0 Å². The summed E-state index contributed by atoms with van der Waals surface area (Å²) in [6, 6.07) is 8.83. The Labute approximate surface area is 393 Å². The van der Waals surface area contributed by atoms with Crippen molar-refractivity contribution in [3.63, 3.8) is 0 Å². The van der Waals surface area contributed by atoms with Gasteiger partial charge in [-0.15, -0.1) is 0 Å². The smallest absolute Gasteiger partial charge is 0.329 e. The lowest BCUT2D eigenvalue weighted by atomic mass is 9.92. The quantitative estimate of drug-likeness (QED) is 0.190. The van der Waals surface area contributed by atoms with Crippen LogP contribution in [0.1, 0.15) is 91.9 Å². The van der Waals surface area contributed by atoms with Gasteiger partial charge in [-0.1, -0.05) is 6.07 Å². The molecule has 0 bridgehead atoms. The molecule has 1 N–H and O–H groups in total. The Morgan fingerprint density at radius 3 is 2.37 bits per heavy atom. The summed E-state index contributed by atoms with van der Waals surface area (Å²) in [7, 11) is 3.49. The molecular weight excluding hydrogens is 875 g/mol. The third-order valence-electron chi connectivity index (χ3n) is 15.0. The number of rotatable bonds is 11. The monoisotopic (exact) mass is 934 g/mol. The van der Waals surface area contributed by atoms with Crippen LogP contribution in [0.15, 0.2) is 47.5 Å². The lowest BCUT2D eigenvalue weighted by Crippen LogP contribution is -2.51. The molecule has 5 aliphatic rings. The fourth-order valence-electron chi connectivity index (χ4n) is 11.2. The average Bonchev–Trinajstić information content (AvgIpc) is 4.01. The van der Waals surface area contributed by atoms with Gasteiger partial charge in [-0.05, 0) is 92.4 Å². The number of imidazole rings is 1. The number of carbonyl (C=O) groups is 4. The van der Waals surface area contributed by atoms with Gasteiger partial charge in [-0.2, -0.15) is 10.2 Å².